The minimum atomic E-state index is -4.23. The molecule has 2 rings (SSSR count). The molecular weight excluding hydrogens is 335 g/mol. The van der Waals surface area contributed by atoms with Gasteiger partial charge in [-0.1, -0.05) is 28.1 Å². The van der Waals surface area contributed by atoms with Gasteiger partial charge in [-0.25, -0.2) is 0 Å². The van der Waals surface area contributed by atoms with Crippen LogP contribution in [0.15, 0.2) is 28.7 Å². The Morgan fingerprint density at radius 3 is 2.35 bits per heavy atom. The first-order valence-electron chi connectivity index (χ1n) is 6.53. The molecule has 112 valence electrons. The summed E-state index contributed by atoms with van der Waals surface area (Å²) in [5.74, 6) is 0. The van der Waals surface area contributed by atoms with E-state index in [1.54, 1.807) is 0 Å². The highest BCUT2D eigenvalue weighted by molar-refractivity contribution is 9.10. The minimum absolute atomic E-state index is 0.0439. The molecule has 0 amide bonds. The quantitative estimate of drug-likeness (QED) is 0.790. The Hall–Kier alpha value is -0.590. The fourth-order valence-electron chi connectivity index (χ4n) is 2.46. The fourth-order valence-corrected chi connectivity index (χ4v) is 2.72. The Labute approximate surface area is 124 Å². The molecule has 1 saturated heterocycles. The van der Waals surface area contributed by atoms with Crippen LogP contribution >= 0.6 is 15.9 Å². The van der Waals surface area contributed by atoms with Gasteiger partial charge < -0.3 is 10.1 Å². The Morgan fingerprint density at radius 1 is 1.20 bits per heavy atom. The van der Waals surface area contributed by atoms with Crippen molar-refractivity contribution in [2.75, 3.05) is 26.3 Å². The first kappa shape index (κ1) is 15.8. The molecule has 0 bridgehead atoms. The second-order valence-corrected chi connectivity index (χ2v) is 6.08. The van der Waals surface area contributed by atoms with Crippen molar-refractivity contribution < 1.29 is 17.9 Å². The zero-order valence-corrected chi connectivity index (χ0v) is 12.6. The summed E-state index contributed by atoms with van der Waals surface area (Å²) in [6.07, 6.45) is -2.77. The molecule has 6 heteroatoms. The zero-order chi connectivity index (χ0) is 14.6. The third-order valence-electron chi connectivity index (χ3n) is 3.59. The van der Waals surface area contributed by atoms with Crippen molar-refractivity contribution in [3.8, 4) is 0 Å². The largest absolute Gasteiger partial charge is 0.411 e. The highest BCUT2D eigenvalue weighted by Gasteiger charge is 2.38. The van der Waals surface area contributed by atoms with Crippen LogP contribution in [0.25, 0.3) is 0 Å². The average molecular weight is 352 g/mol. The molecule has 0 aliphatic carbocycles. The number of halogens is 4. The monoisotopic (exact) mass is 351 g/mol. The Morgan fingerprint density at radius 2 is 1.85 bits per heavy atom. The Kier molecular flexibility index (Phi) is 5.09. The molecule has 1 N–H and O–H groups in total. The summed E-state index contributed by atoms with van der Waals surface area (Å²) in [5, 5.41) is 3.25. The number of alkyl halides is 3. The van der Waals surface area contributed by atoms with E-state index in [0.29, 0.717) is 6.42 Å². The zero-order valence-electron chi connectivity index (χ0n) is 11.0. The van der Waals surface area contributed by atoms with E-state index in [2.05, 4.69) is 38.1 Å². The summed E-state index contributed by atoms with van der Waals surface area (Å²) in [6.45, 7) is 0.732. The van der Waals surface area contributed by atoms with Crippen LogP contribution in [0.2, 0.25) is 0 Å². The topological polar surface area (TPSA) is 21.3 Å². The van der Waals surface area contributed by atoms with E-state index in [9.17, 15) is 13.2 Å². The van der Waals surface area contributed by atoms with Gasteiger partial charge in [-0.15, -0.1) is 0 Å². The van der Waals surface area contributed by atoms with Crippen molar-refractivity contribution in [2.45, 2.75) is 24.4 Å². The molecule has 20 heavy (non-hydrogen) atoms. The minimum Gasteiger partial charge on any atom is -0.372 e. The first-order chi connectivity index (χ1) is 9.41. The molecule has 2 nitrogen and oxygen atoms in total. The molecule has 0 aromatic heterocycles. The maximum Gasteiger partial charge on any atom is 0.411 e. The van der Waals surface area contributed by atoms with E-state index in [0.717, 1.165) is 24.0 Å². The summed E-state index contributed by atoms with van der Waals surface area (Å²) in [7, 11) is 0. The highest BCUT2D eigenvalue weighted by Crippen LogP contribution is 2.34. The van der Waals surface area contributed by atoms with Gasteiger partial charge in [0.2, 0.25) is 0 Å². The van der Waals surface area contributed by atoms with Gasteiger partial charge >= 0.3 is 6.18 Å². The predicted octanol–water partition coefficient (Wildman–Crippen LogP) is 3.65. The van der Waals surface area contributed by atoms with Gasteiger partial charge in [-0.05, 0) is 30.5 Å². The number of hydrogen-bond donors (Lipinski definition) is 1. The Bertz CT molecular complexity index is 429. The number of nitrogens with one attached hydrogen (secondary N) is 1. The van der Waals surface area contributed by atoms with Crippen molar-refractivity contribution in [2.24, 2.45) is 0 Å². The summed E-state index contributed by atoms with van der Waals surface area (Å²) in [6, 6.07) is 8.13. The third-order valence-corrected chi connectivity index (χ3v) is 4.12. The summed E-state index contributed by atoms with van der Waals surface area (Å²) in [5.41, 5.74) is 1.28. The van der Waals surface area contributed by atoms with Crippen molar-refractivity contribution in [3.05, 3.63) is 34.3 Å². The normalized spacial score (nSPS) is 17.8. The molecule has 1 aromatic carbocycles. The maximum absolute atomic E-state index is 12.0. The van der Waals surface area contributed by atoms with Crippen LogP contribution in [0.4, 0.5) is 13.2 Å². The molecule has 1 heterocycles. The molecule has 0 radical (unpaired) electrons. The van der Waals surface area contributed by atoms with Crippen molar-refractivity contribution >= 4 is 15.9 Å². The van der Waals surface area contributed by atoms with Crippen LogP contribution in [-0.4, -0.2) is 32.5 Å². The van der Waals surface area contributed by atoms with E-state index in [1.165, 1.54) is 5.56 Å². The van der Waals surface area contributed by atoms with Gasteiger partial charge in [-0.2, -0.15) is 13.2 Å². The van der Waals surface area contributed by atoms with E-state index in [-0.39, 0.29) is 12.0 Å². The smallest absolute Gasteiger partial charge is 0.372 e. The SMILES string of the molecule is FC(F)(F)COCCCC1(c2ccc(Br)cc2)CNC1. The summed E-state index contributed by atoms with van der Waals surface area (Å²) < 4.78 is 41.6. The third kappa shape index (κ3) is 4.20. The molecule has 0 unspecified atom stereocenters. The van der Waals surface area contributed by atoms with Gasteiger partial charge in [0.25, 0.3) is 0 Å². The first-order valence-corrected chi connectivity index (χ1v) is 7.32. The second-order valence-electron chi connectivity index (χ2n) is 5.16. The fraction of sp³-hybridized carbons (Fsp3) is 0.571. The predicted molar refractivity (Wildman–Crippen MR) is 74.8 cm³/mol. The van der Waals surface area contributed by atoms with Gasteiger partial charge in [0.05, 0.1) is 0 Å². The average Bonchev–Trinajstić information content (AvgIpc) is 2.32. The van der Waals surface area contributed by atoms with Gasteiger partial charge in [0.15, 0.2) is 0 Å². The van der Waals surface area contributed by atoms with Crippen molar-refractivity contribution in [1.82, 2.24) is 5.32 Å². The highest BCUT2D eigenvalue weighted by atomic mass is 79.9. The van der Waals surface area contributed by atoms with Crippen LogP contribution in [0.3, 0.4) is 0 Å². The summed E-state index contributed by atoms with van der Waals surface area (Å²) >= 11 is 3.40. The van der Waals surface area contributed by atoms with Crippen molar-refractivity contribution in [1.29, 1.82) is 0 Å². The van der Waals surface area contributed by atoms with Crippen LogP contribution in [0, 0.1) is 0 Å². The maximum atomic E-state index is 12.0. The molecule has 0 saturated carbocycles. The van der Waals surface area contributed by atoms with Gasteiger partial charge in [0, 0.05) is 29.6 Å². The molecule has 0 spiro atoms. The lowest BCUT2D eigenvalue weighted by molar-refractivity contribution is -0.174. The van der Waals surface area contributed by atoms with E-state index in [1.807, 2.05) is 12.1 Å². The molecule has 1 aliphatic rings. The van der Waals surface area contributed by atoms with Gasteiger partial charge in [0.1, 0.15) is 6.61 Å². The molecule has 0 atom stereocenters. The second kappa shape index (κ2) is 6.45. The van der Waals surface area contributed by atoms with E-state index < -0.39 is 12.8 Å². The standard InChI is InChI=1S/C14H17BrF3NO/c15-12-4-2-11(3-5-12)13(8-19-9-13)6-1-7-20-10-14(16,17)18/h2-5,19H,1,6-10H2. The lowest BCUT2D eigenvalue weighted by atomic mass is 9.72. The van der Waals surface area contributed by atoms with Crippen LogP contribution < -0.4 is 5.32 Å². The molecule has 1 aliphatic heterocycles. The number of rotatable bonds is 6. The molecular formula is C14H17BrF3NO. The number of benzene rings is 1. The number of ether oxygens (including phenoxy) is 1. The molecule has 1 aromatic rings. The van der Waals surface area contributed by atoms with Gasteiger partial charge in [-0.3, -0.25) is 0 Å². The lowest BCUT2D eigenvalue weighted by Crippen LogP contribution is -2.56. The Balaban J connectivity index is 1.82. The van der Waals surface area contributed by atoms with Crippen molar-refractivity contribution in [3.63, 3.8) is 0 Å². The number of hydrogen-bond acceptors (Lipinski definition) is 2. The van der Waals surface area contributed by atoms with Crippen LogP contribution in [0.1, 0.15) is 18.4 Å². The van der Waals surface area contributed by atoms with Crippen LogP contribution in [0.5, 0.6) is 0 Å². The summed E-state index contributed by atoms with van der Waals surface area (Å²) in [4.78, 5) is 0. The lowest BCUT2D eigenvalue weighted by Gasteiger charge is -2.43. The molecule has 1 fully saturated rings. The van der Waals surface area contributed by atoms with E-state index >= 15 is 0 Å². The van der Waals surface area contributed by atoms with Crippen LogP contribution in [-0.2, 0) is 10.2 Å². The van der Waals surface area contributed by atoms with E-state index in [4.69, 9.17) is 0 Å².